The van der Waals surface area contributed by atoms with E-state index in [2.05, 4.69) is 5.10 Å². The number of nitrogens with zero attached hydrogens (tertiary/aromatic N) is 3. The number of hydrogen-bond acceptors (Lipinski definition) is 6. The molecule has 10 heteroatoms. The molecule has 1 aromatic carbocycles. The lowest BCUT2D eigenvalue weighted by Crippen LogP contribution is -2.35. The van der Waals surface area contributed by atoms with E-state index in [-0.39, 0.29) is 31.2 Å². The summed E-state index contributed by atoms with van der Waals surface area (Å²) in [5, 5.41) is 22.6. The number of nitrogens with two attached hydrogens (primary N) is 1. The van der Waals surface area contributed by atoms with Crippen LogP contribution in [0.4, 0.5) is 5.82 Å². The highest BCUT2D eigenvalue weighted by molar-refractivity contribution is 7.89. The molecule has 0 saturated carbocycles. The smallest absolute Gasteiger partial charge is 0.243 e. The van der Waals surface area contributed by atoms with Crippen LogP contribution in [0.2, 0.25) is 5.02 Å². The van der Waals surface area contributed by atoms with Gasteiger partial charge in [-0.25, -0.2) is 13.1 Å². The van der Waals surface area contributed by atoms with Gasteiger partial charge in [0.1, 0.15) is 5.82 Å². The second kappa shape index (κ2) is 7.49. The number of rotatable bonds is 7. The van der Waals surface area contributed by atoms with Crippen LogP contribution in [0, 0.1) is 6.92 Å². The minimum Gasteiger partial charge on any atom is -0.395 e. The lowest BCUT2D eigenvalue weighted by molar-refractivity contribution is 0.217. The van der Waals surface area contributed by atoms with E-state index >= 15 is 0 Å². The Hall–Kier alpha value is -1.65. The summed E-state index contributed by atoms with van der Waals surface area (Å²) in [5.74, 6) is 0.325. The highest BCUT2D eigenvalue weighted by atomic mass is 35.5. The van der Waals surface area contributed by atoms with Crippen molar-refractivity contribution in [2.45, 2.75) is 11.8 Å². The lowest BCUT2D eigenvalue weighted by atomic mass is 10.3. The van der Waals surface area contributed by atoms with Gasteiger partial charge >= 0.3 is 0 Å². The Bertz CT molecular complexity index is 816. The number of anilines is 1. The second-order valence-corrected chi connectivity index (χ2v) is 7.43. The number of aryl methyl sites for hydroxylation is 1. The minimum atomic E-state index is -3.91. The van der Waals surface area contributed by atoms with E-state index in [0.717, 1.165) is 4.31 Å². The van der Waals surface area contributed by atoms with Crippen molar-refractivity contribution in [3.63, 3.8) is 0 Å². The van der Waals surface area contributed by atoms with E-state index in [4.69, 9.17) is 27.5 Å². The van der Waals surface area contributed by atoms with Crippen LogP contribution in [0.5, 0.6) is 0 Å². The lowest BCUT2D eigenvalue weighted by Gasteiger charge is -2.21. The molecule has 0 aliphatic carbocycles. The maximum Gasteiger partial charge on any atom is 0.243 e. The van der Waals surface area contributed by atoms with Crippen molar-refractivity contribution in [1.29, 1.82) is 0 Å². The van der Waals surface area contributed by atoms with Crippen molar-refractivity contribution < 1.29 is 18.6 Å². The zero-order valence-corrected chi connectivity index (χ0v) is 14.6. The van der Waals surface area contributed by atoms with Crippen LogP contribution in [-0.2, 0) is 10.0 Å². The maximum atomic E-state index is 12.7. The van der Waals surface area contributed by atoms with Gasteiger partial charge in [0.25, 0.3) is 0 Å². The zero-order chi connectivity index (χ0) is 17.9. The molecule has 0 unspecified atom stereocenters. The van der Waals surface area contributed by atoms with Gasteiger partial charge in [0.15, 0.2) is 0 Å². The number of aliphatic hydroxyl groups is 2. The number of aromatic nitrogens is 2. The van der Waals surface area contributed by atoms with Gasteiger partial charge in [0, 0.05) is 19.2 Å². The van der Waals surface area contributed by atoms with Gasteiger partial charge < -0.3 is 15.9 Å². The number of aliphatic hydroxyl groups excluding tert-OH is 2. The van der Waals surface area contributed by atoms with E-state index in [1.54, 1.807) is 13.0 Å². The summed E-state index contributed by atoms with van der Waals surface area (Å²) in [6.07, 6.45) is 0. The molecule has 4 N–H and O–H groups in total. The Labute approximate surface area is 145 Å². The second-order valence-electron chi connectivity index (χ2n) is 5.09. The Morgan fingerprint density at radius 2 is 1.88 bits per heavy atom. The van der Waals surface area contributed by atoms with Gasteiger partial charge in [-0.3, -0.25) is 0 Å². The molecule has 2 aromatic rings. The minimum absolute atomic E-state index is 0.0312. The molecule has 0 aliphatic heterocycles. The monoisotopic (exact) mass is 374 g/mol. The summed E-state index contributed by atoms with van der Waals surface area (Å²) >= 11 is 6.16. The van der Waals surface area contributed by atoms with Gasteiger partial charge in [-0.05, 0) is 25.1 Å². The molecule has 1 heterocycles. The van der Waals surface area contributed by atoms with Gasteiger partial charge in [0.2, 0.25) is 10.0 Å². The van der Waals surface area contributed by atoms with E-state index in [1.807, 2.05) is 0 Å². The summed E-state index contributed by atoms with van der Waals surface area (Å²) in [7, 11) is -3.91. The van der Waals surface area contributed by atoms with Crippen molar-refractivity contribution in [3.8, 4) is 5.69 Å². The third-order valence-electron chi connectivity index (χ3n) is 3.34. The predicted octanol–water partition coefficient (Wildman–Crippen LogP) is 0.392. The number of halogens is 1. The first kappa shape index (κ1) is 18.7. The Morgan fingerprint density at radius 3 is 2.38 bits per heavy atom. The summed E-state index contributed by atoms with van der Waals surface area (Å²) < 4.78 is 27.8. The zero-order valence-electron chi connectivity index (χ0n) is 13.1. The summed E-state index contributed by atoms with van der Waals surface area (Å²) in [5.41, 5.74) is 6.87. The van der Waals surface area contributed by atoms with Crippen LogP contribution in [0.1, 0.15) is 5.69 Å². The molecule has 2 rings (SSSR count). The molecular weight excluding hydrogens is 356 g/mol. The summed E-state index contributed by atoms with van der Waals surface area (Å²) in [6, 6.07) is 5.80. The molecule has 0 saturated heterocycles. The number of nitrogen functional groups attached to an aromatic ring is 1. The molecule has 0 amide bonds. The van der Waals surface area contributed by atoms with Crippen molar-refractivity contribution in [2.75, 3.05) is 32.0 Å². The van der Waals surface area contributed by atoms with Crippen LogP contribution in [-0.4, -0.2) is 59.0 Å². The van der Waals surface area contributed by atoms with Crippen LogP contribution in [0.15, 0.2) is 29.2 Å². The molecule has 0 aliphatic rings. The molecule has 8 nitrogen and oxygen atoms in total. The van der Waals surface area contributed by atoms with E-state index in [9.17, 15) is 8.42 Å². The Balaban J connectivity index is 2.52. The third-order valence-corrected chi connectivity index (χ3v) is 5.56. The Kier molecular flexibility index (Phi) is 5.83. The SMILES string of the molecule is Cc1cc(N)n(-c2cc(S(=O)(=O)N(CCO)CCO)ccc2Cl)n1. The van der Waals surface area contributed by atoms with Crippen molar-refractivity contribution in [3.05, 3.63) is 35.0 Å². The fourth-order valence-corrected chi connectivity index (χ4v) is 3.89. The largest absolute Gasteiger partial charge is 0.395 e. The molecule has 0 spiro atoms. The average molecular weight is 375 g/mol. The van der Waals surface area contributed by atoms with E-state index < -0.39 is 10.0 Å². The fourth-order valence-electron chi connectivity index (χ4n) is 2.25. The van der Waals surface area contributed by atoms with Gasteiger partial charge in [-0.15, -0.1) is 0 Å². The van der Waals surface area contributed by atoms with Crippen LogP contribution >= 0.6 is 11.6 Å². The molecule has 1 aromatic heterocycles. The summed E-state index contributed by atoms with van der Waals surface area (Å²) in [4.78, 5) is -0.0312. The van der Waals surface area contributed by atoms with Crippen LogP contribution < -0.4 is 5.73 Å². The highest BCUT2D eigenvalue weighted by Crippen LogP contribution is 2.27. The predicted molar refractivity (Wildman–Crippen MR) is 90.7 cm³/mol. The quantitative estimate of drug-likeness (QED) is 0.644. The van der Waals surface area contributed by atoms with Gasteiger partial charge in [0.05, 0.1) is 34.5 Å². The van der Waals surface area contributed by atoms with Crippen LogP contribution in [0.25, 0.3) is 5.69 Å². The topological polar surface area (TPSA) is 122 Å². The van der Waals surface area contributed by atoms with Crippen molar-refractivity contribution in [1.82, 2.24) is 14.1 Å². The number of sulfonamides is 1. The highest BCUT2D eigenvalue weighted by Gasteiger charge is 2.25. The third kappa shape index (κ3) is 3.70. The molecule has 24 heavy (non-hydrogen) atoms. The molecule has 132 valence electrons. The first-order valence-corrected chi connectivity index (χ1v) is 8.97. The number of hydrogen-bond donors (Lipinski definition) is 3. The van der Waals surface area contributed by atoms with Crippen molar-refractivity contribution in [2.24, 2.45) is 0 Å². The first-order chi connectivity index (χ1) is 11.3. The number of benzene rings is 1. The van der Waals surface area contributed by atoms with E-state index in [0.29, 0.717) is 22.2 Å². The van der Waals surface area contributed by atoms with E-state index in [1.165, 1.54) is 22.9 Å². The van der Waals surface area contributed by atoms with Gasteiger partial charge in [-0.2, -0.15) is 9.40 Å². The molecule has 0 atom stereocenters. The molecular formula is C14H19ClN4O4S. The molecule has 0 radical (unpaired) electrons. The average Bonchev–Trinajstić information content (AvgIpc) is 2.85. The van der Waals surface area contributed by atoms with Crippen molar-refractivity contribution >= 4 is 27.4 Å². The molecule has 0 bridgehead atoms. The standard InChI is InChI=1S/C14H19ClN4O4S/c1-10-8-14(16)19(17-10)13-9-11(2-3-12(13)15)24(22,23)18(4-6-20)5-7-21/h2-3,8-9,20-21H,4-7,16H2,1H3. The summed E-state index contributed by atoms with van der Waals surface area (Å²) in [6.45, 7) is 0.801. The normalized spacial score (nSPS) is 12.0. The van der Waals surface area contributed by atoms with Crippen LogP contribution in [0.3, 0.4) is 0 Å². The fraction of sp³-hybridized carbons (Fsp3) is 0.357. The van der Waals surface area contributed by atoms with Gasteiger partial charge in [-0.1, -0.05) is 11.6 Å². The maximum absolute atomic E-state index is 12.7. The first-order valence-electron chi connectivity index (χ1n) is 7.15. The molecule has 0 fully saturated rings. The Morgan fingerprint density at radius 1 is 1.25 bits per heavy atom.